The number of carbonyl (C=O) groups is 2. The van der Waals surface area contributed by atoms with Crippen molar-refractivity contribution < 1.29 is 19.1 Å². The quantitative estimate of drug-likeness (QED) is 0.789. The Balaban J connectivity index is 2.03. The zero-order chi connectivity index (χ0) is 19.1. The van der Waals surface area contributed by atoms with Gasteiger partial charge in [0, 0.05) is 19.2 Å². The Bertz CT molecular complexity index is 703. The smallest absolute Gasteiger partial charge is 0.367 e. The van der Waals surface area contributed by atoms with E-state index in [-0.39, 0.29) is 24.5 Å². The van der Waals surface area contributed by atoms with Gasteiger partial charge in [-0.05, 0) is 24.6 Å². The fourth-order valence-electron chi connectivity index (χ4n) is 2.34. The summed E-state index contributed by atoms with van der Waals surface area (Å²) in [5.74, 6) is 0.476. The lowest BCUT2D eigenvalue weighted by molar-refractivity contribution is -0.122. The molecule has 0 radical (unpaired) electrons. The number of amides is 3. The van der Waals surface area contributed by atoms with Crippen LogP contribution in [-0.2, 0) is 9.53 Å². The molecule has 1 heterocycles. The number of benzene rings is 1. The van der Waals surface area contributed by atoms with Gasteiger partial charge in [-0.15, -0.1) is 0 Å². The first kappa shape index (κ1) is 20.1. The third-order valence-corrected chi connectivity index (χ3v) is 5.19. The minimum atomic E-state index is -0.547. The molecule has 0 spiro atoms. The predicted molar refractivity (Wildman–Crippen MR) is 103 cm³/mol. The zero-order valence-corrected chi connectivity index (χ0v) is 16.1. The molecule has 1 unspecified atom stereocenters. The van der Waals surface area contributed by atoms with Crippen LogP contribution in [0.2, 0.25) is 0 Å². The zero-order valence-electron chi connectivity index (χ0n) is 15.3. The van der Waals surface area contributed by atoms with Crippen molar-refractivity contribution >= 4 is 35.0 Å². The van der Waals surface area contributed by atoms with E-state index in [2.05, 4.69) is 15.3 Å². The first-order chi connectivity index (χ1) is 12.4. The predicted octanol–water partition coefficient (Wildman–Crippen LogP) is 2.86. The van der Waals surface area contributed by atoms with Crippen molar-refractivity contribution in [2.24, 2.45) is 15.9 Å². The highest BCUT2D eigenvalue weighted by Gasteiger charge is 2.27. The summed E-state index contributed by atoms with van der Waals surface area (Å²) in [5, 5.41) is 3.04. The minimum absolute atomic E-state index is 0.108. The first-order valence-electron chi connectivity index (χ1n) is 8.21. The second kappa shape index (κ2) is 9.49. The molecule has 0 bridgehead atoms. The fraction of sp³-hybridized carbons (Fsp3) is 0.444. The van der Waals surface area contributed by atoms with Crippen molar-refractivity contribution in [1.29, 1.82) is 0 Å². The molecule has 3 atom stereocenters. The van der Waals surface area contributed by atoms with Gasteiger partial charge in [-0.1, -0.05) is 30.8 Å². The van der Waals surface area contributed by atoms with Crippen molar-refractivity contribution in [2.45, 2.75) is 25.1 Å². The summed E-state index contributed by atoms with van der Waals surface area (Å²) in [6.07, 6.45) is 1.54. The van der Waals surface area contributed by atoms with Crippen LogP contribution < -0.4 is 10.1 Å². The number of nitrogens with zero attached hydrogens (tertiary/aromatic N) is 2. The SMILES string of the molecule is COC[C@H](SC1=NC(=O)N=CC1C)C(=O)N[C@H](C)c1ccc(OC)cc1. The van der Waals surface area contributed by atoms with E-state index in [1.165, 1.54) is 18.9 Å². The summed E-state index contributed by atoms with van der Waals surface area (Å²) >= 11 is 1.23. The third-order valence-electron chi connectivity index (χ3n) is 3.85. The largest absolute Gasteiger partial charge is 0.497 e. The lowest BCUT2D eigenvalue weighted by Crippen LogP contribution is -2.38. The molecule has 1 aromatic carbocycles. The van der Waals surface area contributed by atoms with Crippen LogP contribution in [-0.4, -0.2) is 49.3 Å². The topological polar surface area (TPSA) is 89.4 Å². The molecule has 3 amide bonds. The van der Waals surface area contributed by atoms with Gasteiger partial charge < -0.3 is 14.8 Å². The van der Waals surface area contributed by atoms with E-state index in [9.17, 15) is 9.59 Å². The maximum atomic E-state index is 12.7. The Kier molecular flexibility index (Phi) is 7.35. The van der Waals surface area contributed by atoms with Crippen LogP contribution in [0.5, 0.6) is 5.75 Å². The molecule has 7 nitrogen and oxygen atoms in total. The lowest BCUT2D eigenvalue weighted by atomic mass is 10.1. The highest BCUT2D eigenvalue weighted by atomic mass is 32.2. The van der Waals surface area contributed by atoms with Gasteiger partial charge >= 0.3 is 6.03 Å². The highest BCUT2D eigenvalue weighted by Crippen LogP contribution is 2.23. The maximum Gasteiger partial charge on any atom is 0.367 e. The number of carbonyl (C=O) groups excluding carboxylic acids is 2. The summed E-state index contributed by atoms with van der Waals surface area (Å²) in [7, 11) is 3.14. The van der Waals surface area contributed by atoms with Gasteiger partial charge in [0.1, 0.15) is 11.0 Å². The van der Waals surface area contributed by atoms with Crippen LogP contribution in [0, 0.1) is 5.92 Å². The maximum absolute atomic E-state index is 12.7. The molecular formula is C18H23N3O4S. The van der Waals surface area contributed by atoms with E-state index in [1.54, 1.807) is 13.3 Å². The number of aliphatic imine (C=N–C) groups is 2. The molecule has 0 fully saturated rings. The summed E-state index contributed by atoms with van der Waals surface area (Å²) in [5.41, 5.74) is 0.964. The molecule has 1 aliphatic rings. The van der Waals surface area contributed by atoms with E-state index < -0.39 is 11.3 Å². The molecule has 2 rings (SSSR count). The van der Waals surface area contributed by atoms with Crippen LogP contribution in [0.15, 0.2) is 34.3 Å². The van der Waals surface area contributed by atoms with E-state index >= 15 is 0 Å². The molecular weight excluding hydrogens is 354 g/mol. The highest BCUT2D eigenvalue weighted by molar-refractivity contribution is 8.15. The van der Waals surface area contributed by atoms with Crippen LogP contribution in [0.1, 0.15) is 25.5 Å². The molecule has 1 aliphatic heterocycles. The van der Waals surface area contributed by atoms with Crippen molar-refractivity contribution in [3.8, 4) is 5.75 Å². The molecule has 140 valence electrons. The number of ether oxygens (including phenoxy) is 2. The number of methoxy groups -OCH3 is 2. The molecule has 26 heavy (non-hydrogen) atoms. The number of rotatable bonds is 7. The van der Waals surface area contributed by atoms with Gasteiger partial charge in [-0.2, -0.15) is 4.99 Å². The second-order valence-electron chi connectivity index (χ2n) is 5.86. The standard InChI is InChI=1S/C18H23N3O4S/c1-11-9-19-18(23)21-17(11)26-15(10-24-3)16(22)20-12(2)13-5-7-14(25-4)8-6-13/h5-9,11-12,15H,10H2,1-4H3,(H,20,22)/t11?,12-,15+/m1/s1. The third kappa shape index (κ3) is 5.40. The Morgan fingerprint density at radius 1 is 1.31 bits per heavy atom. The number of hydrogen-bond donors (Lipinski definition) is 1. The first-order valence-corrected chi connectivity index (χ1v) is 9.09. The van der Waals surface area contributed by atoms with Crippen molar-refractivity contribution in [2.75, 3.05) is 20.8 Å². The van der Waals surface area contributed by atoms with Crippen LogP contribution in [0.4, 0.5) is 4.79 Å². The van der Waals surface area contributed by atoms with Gasteiger partial charge in [-0.25, -0.2) is 9.79 Å². The number of nitrogens with one attached hydrogen (secondary N) is 1. The van der Waals surface area contributed by atoms with Crippen LogP contribution in [0.3, 0.4) is 0 Å². The monoisotopic (exact) mass is 377 g/mol. The van der Waals surface area contributed by atoms with Gasteiger partial charge in [0.25, 0.3) is 0 Å². The number of urea groups is 1. The average molecular weight is 377 g/mol. The van der Waals surface area contributed by atoms with E-state index in [4.69, 9.17) is 9.47 Å². The van der Waals surface area contributed by atoms with E-state index in [1.807, 2.05) is 38.1 Å². The number of thioether (sulfide) groups is 1. The molecule has 0 aromatic heterocycles. The van der Waals surface area contributed by atoms with Crippen molar-refractivity contribution in [1.82, 2.24) is 5.32 Å². The van der Waals surface area contributed by atoms with Crippen molar-refractivity contribution in [3.63, 3.8) is 0 Å². The van der Waals surface area contributed by atoms with Crippen molar-refractivity contribution in [3.05, 3.63) is 29.8 Å². The fourth-order valence-corrected chi connectivity index (χ4v) is 3.42. The normalized spacial score (nSPS) is 18.8. The summed E-state index contributed by atoms with van der Waals surface area (Å²) in [4.78, 5) is 31.7. The Morgan fingerprint density at radius 3 is 2.62 bits per heavy atom. The van der Waals surface area contributed by atoms with Gasteiger partial charge in [0.15, 0.2) is 0 Å². The molecule has 0 aliphatic carbocycles. The Hall–Kier alpha value is -2.19. The summed E-state index contributed by atoms with van der Waals surface area (Å²) < 4.78 is 10.3. The van der Waals surface area contributed by atoms with Gasteiger partial charge in [0.2, 0.25) is 5.91 Å². The van der Waals surface area contributed by atoms with Gasteiger partial charge in [-0.3, -0.25) is 4.79 Å². The van der Waals surface area contributed by atoms with Crippen LogP contribution in [0.25, 0.3) is 0 Å². The summed E-state index contributed by atoms with van der Waals surface area (Å²) in [6.45, 7) is 4.00. The summed E-state index contributed by atoms with van der Waals surface area (Å²) in [6, 6.07) is 6.79. The van der Waals surface area contributed by atoms with Crippen LogP contribution >= 0.6 is 11.8 Å². The Morgan fingerprint density at radius 2 is 2.00 bits per heavy atom. The molecule has 0 saturated heterocycles. The molecule has 1 N–H and O–H groups in total. The number of hydrogen-bond acceptors (Lipinski definition) is 5. The van der Waals surface area contributed by atoms with Gasteiger partial charge in [0.05, 0.1) is 24.8 Å². The van der Waals surface area contributed by atoms with E-state index in [0.29, 0.717) is 5.04 Å². The molecule has 0 saturated carbocycles. The molecule has 8 heteroatoms. The average Bonchev–Trinajstić information content (AvgIpc) is 2.64. The molecule has 1 aromatic rings. The second-order valence-corrected chi connectivity index (χ2v) is 7.09. The minimum Gasteiger partial charge on any atom is -0.497 e. The lowest BCUT2D eigenvalue weighted by Gasteiger charge is -2.22. The van der Waals surface area contributed by atoms with E-state index in [0.717, 1.165) is 11.3 Å². The Labute approximate surface area is 157 Å².